The second-order valence-corrected chi connectivity index (χ2v) is 6.91. The first-order valence-corrected chi connectivity index (χ1v) is 9.60. The number of aromatic nitrogens is 2. The number of aliphatic carboxylic acids is 1. The van der Waals surface area contributed by atoms with Crippen LogP contribution in [0.3, 0.4) is 0 Å². The van der Waals surface area contributed by atoms with Gasteiger partial charge in [-0.1, -0.05) is 0 Å². The number of carbonyl (C=O) groups is 3. The summed E-state index contributed by atoms with van der Waals surface area (Å²) in [7, 11) is 0. The molecular formula is C19H23N7O5. The number of amides is 2. The van der Waals surface area contributed by atoms with Crippen LogP contribution in [0.25, 0.3) is 0 Å². The quantitative estimate of drug-likeness (QED) is 0.232. The van der Waals surface area contributed by atoms with Crippen LogP contribution in [0.4, 0.5) is 23.1 Å². The highest BCUT2D eigenvalue weighted by Gasteiger charge is 2.29. The SMILES string of the molecule is Nc1nc2c(c(=O)[nH]1)N(C=O)C(CNc1ccc(C(=O)NCCCC(=O)O)cc1)CN2. The normalized spacial score (nSPS) is 14.8. The van der Waals surface area contributed by atoms with Crippen LogP contribution in [-0.4, -0.2) is 59.0 Å². The molecule has 12 heteroatoms. The van der Waals surface area contributed by atoms with Gasteiger partial charge in [-0.15, -0.1) is 0 Å². The van der Waals surface area contributed by atoms with Crippen LogP contribution in [0.5, 0.6) is 0 Å². The summed E-state index contributed by atoms with van der Waals surface area (Å²) in [6, 6.07) is 6.36. The highest BCUT2D eigenvalue weighted by molar-refractivity contribution is 5.94. The molecule has 0 radical (unpaired) electrons. The Bertz CT molecular complexity index is 1020. The third kappa shape index (κ3) is 5.29. The van der Waals surface area contributed by atoms with Crippen LogP contribution in [-0.2, 0) is 9.59 Å². The zero-order chi connectivity index (χ0) is 22.4. The molecule has 0 aliphatic carbocycles. The lowest BCUT2D eigenvalue weighted by Gasteiger charge is -2.34. The number of carboxylic acids is 1. The molecule has 0 bridgehead atoms. The van der Waals surface area contributed by atoms with E-state index in [2.05, 4.69) is 25.9 Å². The highest BCUT2D eigenvalue weighted by atomic mass is 16.4. The Hall–Kier alpha value is -4.09. The third-order valence-corrected chi connectivity index (χ3v) is 4.73. The predicted molar refractivity (Wildman–Crippen MR) is 114 cm³/mol. The van der Waals surface area contributed by atoms with E-state index < -0.39 is 11.5 Å². The van der Waals surface area contributed by atoms with Crippen LogP contribution < -0.4 is 32.1 Å². The molecule has 2 amide bonds. The van der Waals surface area contributed by atoms with E-state index in [1.807, 2.05) is 0 Å². The van der Waals surface area contributed by atoms with Gasteiger partial charge in [0.25, 0.3) is 11.5 Å². The number of carbonyl (C=O) groups excluding carboxylic acids is 2. The van der Waals surface area contributed by atoms with Crippen LogP contribution in [0, 0.1) is 0 Å². The molecule has 0 fully saturated rings. The van der Waals surface area contributed by atoms with E-state index >= 15 is 0 Å². The van der Waals surface area contributed by atoms with Crippen molar-refractivity contribution in [3.63, 3.8) is 0 Å². The molecule has 1 aliphatic rings. The standard InChI is InChI=1S/C19H23N7O5/c20-19-24-16-15(18(31)25-19)26(10-27)13(9-23-16)8-22-12-5-3-11(4-6-12)17(30)21-7-1-2-14(28)29/h3-6,10,13,22H,1-2,7-9H2,(H,21,30)(H,28,29)(H4,20,23,24,25,31). The van der Waals surface area contributed by atoms with Crippen molar-refractivity contribution in [2.75, 3.05) is 40.9 Å². The smallest absolute Gasteiger partial charge is 0.303 e. The summed E-state index contributed by atoms with van der Waals surface area (Å²) in [4.78, 5) is 54.1. The molecule has 31 heavy (non-hydrogen) atoms. The van der Waals surface area contributed by atoms with Crippen molar-refractivity contribution < 1.29 is 19.5 Å². The summed E-state index contributed by atoms with van der Waals surface area (Å²) >= 11 is 0. The minimum Gasteiger partial charge on any atom is -0.481 e. The fourth-order valence-electron chi connectivity index (χ4n) is 3.17. The van der Waals surface area contributed by atoms with E-state index in [1.165, 1.54) is 4.90 Å². The summed E-state index contributed by atoms with van der Waals surface area (Å²) in [5, 5.41) is 17.5. The molecule has 1 aromatic heterocycles. The Kier molecular flexibility index (Phi) is 6.70. The van der Waals surface area contributed by atoms with Gasteiger partial charge in [0.05, 0.1) is 6.04 Å². The molecular weight excluding hydrogens is 406 g/mol. The van der Waals surface area contributed by atoms with Gasteiger partial charge in [0.15, 0.2) is 11.5 Å². The van der Waals surface area contributed by atoms with Crippen molar-refractivity contribution in [3.05, 3.63) is 40.2 Å². The van der Waals surface area contributed by atoms with Crippen LogP contribution in [0.2, 0.25) is 0 Å². The molecule has 7 N–H and O–H groups in total. The molecule has 1 aromatic carbocycles. The Morgan fingerprint density at radius 3 is 2.74 bits per heavy atom. The van der Waals surface area contributed by atoms with E-state index in [9.17, 15) is 19.2 Å². The lowest BCUT2D eigenvalue weighted by atomic mass is 10.1. The molecule has 2 aromatic rings. The molecule has 3 rings (SSSR count). The summed E-state index contributed by atoms with van der Waals surface area (Å²) in [6.45, 7) is 0.990. The van der Waals surface area contributed by atoms with Gasteiger partial charge in [0.2, 0.25) is 12.4 Å². The van der Waals surface area contributed by atoms with Gasteiger partial charge >= 0.3 is 5.97 Å². The van der Waals surface area contributed by atoms with Crippen molar-refractivity contribution in [2.24, 2.45) is 0 Å². The van der Waals surface area contributed by atoms with E-state index in [0.717, 1.165) is 5.69 Å². The molecule has 12 nitrogen and oxygen atoms in total. The summed E-state index contributed by atoms with van der Waals surface area (Å²) in [5.41, 5.74) is 6.31. The van der Waals surface area contributed by atoms with Crippen LogP contribution in [0.15, 0.2) is 29.1 Å². The fourth-order valence-corrected chi connectivity index (χ4v) is 3.17. The molecule has 1 unspecified atom stereocenters. The van der Waals surface area contributed by atoms with Gasteiger partial charge in [0.1, 0.15) is 0 Å². The van der Waals surface area contributed by atoms with E-state index in [4.69, 9.17) is 10.8 Å². The average Bonchev–Trinajstić information content (AvgIpc) is 2.74. The van der Waals surface area contributed by atoms with Crippen molar-refractivity contribution >= 4 is 41.4 Å². The number of anilines is 4. The minimum absolute atomic E-state index is 0.00322. The number of nitrogens with zero attached hydrogens (tertiary/aromatic N) is 2. The van der Waals surface area contributed by atoms with Gasteiger partial charge in [-0.2, -0.15) is 4.98 Å². The number of fused-ring (bicyclic) bond motifs is 1. The minimum atomic E-state index is -0.903. The average molecular weight is 429 g/mol. The second-order valence-electron chi connectivity index (χ2n) is 6.91. The predicted octanol–water partition coefficient (Wildman–Crippen LogP) is -0.184. The monoisotopic (exact) mass is 429 g/mol. The topological polar surface area (TPSA) is 183 Å². The molecule has 1 atom stereocenters. The van der Waals surface area contributed by atoms with Crippen molar-refractivity contribution in [1.82, 2.24) is 15.3 Å². The molecule has 164 valence electrons. The zero-order valence-electron chi connectivity index (χ0n) is 16.6. The number of aromatic amines is 1. The summed E-state index contributed by atoms with van der Waals surface area (Å²) in [6.07, 6.45) is 0.936. The Labute approximate surface area is 176 Å². The third-order valence-electron chi connectivity index (χ3n) is 4.73. The largest absolute Gasteiger partial charge is 0.481 e. The second kappa shape index (κ2) is 9.61. The maximum absolute atomic E-state index is 12.2. The first-order chi connectivity index (χ1) is 14.9. The lowest BCUT2D eigenvalue weighted by Crippen LogP contribution is -2.50. The number of nitrogen functional groups attached to an aromatic ring is 1. The number of hydrogen-bond acceptors (Lipinski definition) is 8. The molecule has 2 heterocycles. The number of hydrogen-bond donors (Lipinski definition) is 6. The van der Waals surface area contributed by atoms with E-state index in [0.29, 0.717) is 31.5 Å². The Morgan fingerprint density at radius 1 is 1.32 bits per heavy atom. The van der Waals surface area contributed by atoms with Crippen LogP contribution >= 0.6 is 0 Å². The summed E-state index contributed by atoms with van der Waals surface area (Å²) in [5.74, 6) is -0.976. The van der Waals surface area contributed by atoms with Crippen molar-refractivity contribution in [3.8, 4) is 0 Å². The van der Waals surface area contributed by atoms with Gasteiger partial charge in [0, 0.05) is 37.3 Å². The molecule has 0 saturated heterocycles. The van der Waals surface area contributed by atoms with Gasteiger partial charge in [-0.25, -0.2) is 0 Å². The van der Waals surface area contributed by atoms with E-state index in [-0.39, 0.29) is 42.4 Å². The van der Waals surface area contributed by atoms with Gasteiger partial charge < -0.3 is 31.7 Å². The number of H-pyrrole nitrogens is 1. The van der Waals surface area contributed by atoms with Crippen molar-refractivity contribution in [2.45, 2.75) is 18.9 Å². The number of benzene rings is 1. The van der Waals surface area contributed by atoms with Crippen LogP contribution in [0.1, 0.15) is 23.2 Å². The Balaban J connectivity index is 1.57. The fraction of sp³-hybridized carbons (Fsp3) is 0.316. The first kappa shape index (κ1) is 21.6. The number of rotatable bonds is 9. The maximum Gasteiger partial charge on any atom is 0.303 e. The van der Waals surface area contributed by atoms with E-state index in [1.54, 1.807) is 24.3 Å². The molecule has 0 saturated carbocycles. The first-order valence-electron chi connectivity index (χ1n) is 9.60. The molecule has 0 spiro atoms. The Morgan fingerprint density at radius 2 is 2.06 bits per heavy atom. The number of nitrogens with one attached hydrogen (secondary N) is 4. The van der Waals surface area contributed by atoms with Crippen molar-refractivity contribution in [1.29, 1.82) is 0 Å². The molecule has 1 aliphatic heterocycles. The lowest BCUT2D eigenvalue weighted by molar-refractivity contribution is -0.137. The number of nitrogens with two attached hydrogens (primary N) is 1. The maximum atomic E-state index is 12.2. The van der Waals surface area contributed by atoms with Gasteiger partial charge in [-0.3, -0.25) is 24.2 Å². The van der Waals surface area contributed by atoms with Gasteiger partial charge in [-0.05, 0) is 30.7 Å². The number of carboxylic acid groups (broad SMARTS) is 1. The highest BCUT2D eigenvalue weighted by Crippen LogP contribution is 2.25. The zero-order valence-corrected chi connectivity index (χ0v) is 16.6. The summed E-state index contributed by atoms with van der Waals surface area (Å²) < 4.78 is 0.